The van der Waals surface area contributed by atoms with Crippen molar-refractivity contribution in [2.24, 2.45) is 0 Å². The molecule has 4 aromatic rings. The van der Waals surface area contributed by atoms with E-state index in [2.05, 4.69) is 15.5 Å². The van der Waals surface area contributed by atoms with E-state index in [9.17, 15) is 14.4 Å². The van der Waals surface area contributed by atoms with E-state index >= 15 is 0 Å². The lowest BCUT2D eigenvalue weighted by molar-refractivity contribution is -0.143. The zero-order chi connectivity index (χ0) is 28.8. The minimum absolute atomic E-state index is 0.00936. The highest BCUT2D eigenvalue weighted by Gasteiger charge is 2.25. The van der Waals surface area contributed by atoms with Gasteiger partial charge in [-0.3, -0.25) is 19.0 Å². The Bertz CT molecular complexity index is 1570. The van der Waals surface area contributed by atoms with E-state index < -0.39 is 5.91 Å². The van der Waals surface area contributed by atoms with Crippen LogP contribution in [0.15, 0.2) is 48.5 Å². The molecule has 1 N–H and O–H groups in total. The molecule has 0 unspecified atom stereocenters. The van der Waals surface area contributed by atoms with Crippen LogP contribution in [-0.2, 0) is 28.9 Å². The van der Waals surface area contributed by atoms with Gasteiger partial charge in [-0.05, 0) is 49.7 Å². The average molecular weight is 620 g/mol. The molecule has 0 saturated heterocycles. The zero-order valence-corrected chi connectivity index (χ0v) is 24.8. The van der Waals surface area contributed by atoms with Crippen LogP contribution < -0.4 is 5.32 Å². The van der Waals surface area contributed by atoms with E-state index in [4.69, 9.17) is 39.5 Å². The second kappa shape index (κ2) is 13.4. The molecule has 1 amide bonds. The molecule has 2 aromatic carbocycles. The van der Waals surface area contributed by atoms with Crippen molar-refractivity contribution in [3.63, 3.8) is 0 Å². The minimum atomic E-state index is -0.394. The van der Waals surface area contributed by atoms with Gasteiger partial charge in [-0.1, -0.05) is 53.9 Å². The number of nitrogens with one attached hydrogen (secondary N) is 1. The lowest BCUT2D eigenvalue weighted by Crippen LogP contribution is -2.25. The Hall–Kier alpha value is -3.24. The molecule has 0 fully saturated rings. The minimum Gasteiger partial charge on any atom is -0.466 e. The number of rotatable bonds is 11. The van der Waals surface area contributed by atoms with Crippen molar-refractivity contribution in [2.45, 2.75) is 39.7 Å². The third-order valence-electron chi connectivity index (χ3n) is 5.92. The van der Waals surface area contributed by atoms with Crippen LogP contribution in [0, 0.1) is 0 Å². The first-order valence-corrected chi connectivity index (χ1v) is 14.4. The van der Waals surface area contributed by atoms with Crippen LogP contribution in [0.25, 0.3) is 5.00 Å². The van der Waals surface area contributed by atoms with Crippen molar-refractivity contribution < 1.29 is 19.1 Å². The normalized spacial score (nSPS) is 10.9. The first-order valence-electron chi connectivity index (χ1n) is 12.5. The summed E-state index contributed by atoms with van der Waals surface area (Å²) in [5, 5.41) is 12.9. The summed E-state index contributed by atoms with van der Waals surface area (Å²) in [6.45, 7) is 3.98. The number of hydrogen-bond acceptors (Lipinski definition) is 7. The quantitative estimate of drug-likeness (QED) is 0.152. The van der Waals surface area contributed by atoms with Crippen molar-refractivity contribution in [1.29, 1.82) is 0 Å². The third kappa shape index (κ3) is 6.72. The second-order valence-electron chi connectivity index (χ2n) is 8.58. The van der Waals surface area contributed by atoms with Gasteiger partial charge in [-0.25, -0.2) is 0 Å². The monoisotopic (exact) mass is 618 g/mol. The van der Waals surface area contributed by atoms with E-state index in [1.54, 1.807) is 47.9 Å². The van der Waals surface area contributed by atoms with E-state index in [1.165, 1.54) is 17.4 Å². The maximum atomic E-state index is 13.7. The fourth-order valence-electron chi connectivity index (χ4n) is 3.94. The lowest BCUT2D eigenvalue weighted by atomic mass is 10.0. The molecular formula is C28H25Cl3N4O4S. The van der Waals surface area contributed by atoms with Gasteiger partial charge in [0.15, 0.2) is 11.6 Å². The number of ketones is 1. The standard InChI is InChI=1S/C28H25Cl3N4O4S/c1-3-17-14-19(26(37)18-7-5-6-8-20(18)29)28(40-17)35-23(11-12-25(36)39-4-2)33-34-24(35)15-32-27(38)16-9-10-21(30)22(31)13-16/h5-10,13-14H,3-4,11-12,15H2,1-2H3,(H,32,38). The largest absolute Gasteiger partial charge is 0.466 e. The van der Waals surface area contributed by atoms with Crippen molar-refractivity contribution in [3.8, 4) is 5.00 Å². The molecule has 2 heterocycles. The van der Waals surface area contributed by atoms with Crippen LogP contribution in [0.5, 0.6) is 0 Å². The molecular weight excluding hydrogens is 595 g/mol. The lowest BCUT2D eigenvalue weighted by Gasteiger charge is -2.12. The number of thiophene rings is 1. The van der Waals surface area contributed by atoms with Crippen LogP contribution in [-0.4, -0.2) is 39.0 Å². The fourth-order valence-corrected chi connectivity index (χ4v) is 5.59. The number of esters is 1. The predicted molar refractivity (Wildman–Crippen MR) is 156 cm³/mol. The van der Waals surface area contributed by atoms with Crippen molar-refractivity contribution in [3.05, 3.63) is 96.8 Å². The number of carbonyl (C=O) groups excluding carboxylic acids is 3. The summed E-state index contributed by atoms with van der Waals surface area (Å²) in [7, 11) is 0. The SMILES string of the molecule is CCOC(=O)CCc1nnc(CNC(=O)c2ccc(Cl)c(Cl)c2)n1-c1sc(CC)cc1C(=O)c1ccccc1Cl. The molecule has 40 heavy (non-hydrogen) atoms. The Labute approximate surface area is 250 Å². The third-order valence-corrected chi connectivity index (χ3v) is 8.26. The maximum Gasteiger partial charge on any atom is 0.306 e. The van der Waals surface area contributed by atoms with Crippen LogP contribution >= 0.6 is 46.1 Å². The van der Waals surface area contributed by atoms with E-state index in [-0.39, 0.29) is 42.8 Å². The molecule has 4 rings (SSSR count). The molecule has 0 radical (unpaired) electrons. The van der Waals surface area contributed by atoms with E-state index in [1.807, 2.05) is 13.0 Å². The van der Waals surface area contributed by atoms with E-state index in [0.29, 0.717) is 49.8 Å². The number of nitrogens with zero attached hydrogens (tertiary/aromatic N) is 3. The Kier molecular flexibility index (Phi) is 9.97. The van der Waals surface area contributed by atoms with Gasteiger partial charge in [-0.2, -0.15) is 0 Å². The maximum absolute atomic E-state index is 13.7. The Morgan fingerprint density at radius 1 is 0.925 bits per heavy atom. The molecule has 0 bridgehead atoms. The number of benzene rings is 2. The van der Waals surface area contributed by atoms with Crippen molar-refractivity contribution >= 4 is 63.8 Å². The summed E-state index contributed by atoms with van der Waals surface area (Å²) in [6, 6.07) is 13.2. The van der Waals surface area contributed by atoms with Gasteiger partial charge in [0.2, 0.25) is 0 Å². The number of carbonyl (C=O) groups is 3. The van der Waals surface area contributed by atoms with Gasteiger partial charge in [0.05, 0.1) is 40.2 Å². The fraction of sp³-hybridized carbons (Fsp3) is 0.250. The van der Waals surface area contributed by atoms with Crippen LogP contribution in [0.2, 0.25) is 15.1 Å². The van der Waals surface area contributed by atoms with Crippen molar-refractivity contribution in [1.82, 2.24) is 20.1 Å². The number of hydrogen-bond donors (Lipinski definition) is 1. The Morgan fingerprint density at radius 3 is 2.38 bits per heavy atom. The molecule has 208 valence electrons. The van der Waals surface area contributed by atoms with Gasteiger partial charge in [0.25, 0.3) is 5.91 Å². The van der Waals surface area contributed by atoms with Gasteiger partial charge in [0.1, 0.15) is 10.8 Å². The predicted octanol–water partition coefficient (Wildman–Crippen LogP) is 6.51. The molecule has 2 aromatic heterocycles. The molecule has 0 spiro atoms. The summed E-state index contributed by atoms with van der Waals surface area (Å²) in [5.74, 6) is -0.199. The first-order chi connectivity index (χ1) is 19.2. The Morgan fingerprint density at radius 2 is 1.68 bits per heavy atom. The summed E-state index contributed by atoms with van der Waals surface area (Å²) in [4.78, 5) is 39.7. The summed E-state index contributed by atoms with van der Waals surface area (Å²) >= 11 is 19.8. The first kappa shape index (κ1) is 29.7. The summed E-state index contributed by atoms with van der Waals surface area (Å²) < 4.78 is 6.80. The number of amides is 1. The van der Waals surface area contributed by atoms with Crippen LogP contribution in [0.1, 0.15) is 63.1 Å². The van der Waals surface area contributed by atoms with Crippen LogP contribution in [0.4, 0.5) is 0 Å². The van der Waals surface area contributed by atoms with Crippen LogP contribution in [0.3, 0.4) is 0 Å². The Balaban J connectivity index is 1.73. The smallest absolute Gasteiger partial charge is 0.306 e. The molecule has 0 atom stereocenters. The zero-order valence-electron chi connectivity index (χ0n) is 21.7. The molecule has 0 aliphatic rings. The molecule has 0 aliphatic heterocycles. The molecule has 0 aliphatic carbocycles. The number of halogens is 3. The van der Waals surface area contributed by atoms with E-state index in [0.717, 1.165) is 4.88 Å². The highest BCUT2D eigenvalue weighted by molar-refractivity contribution is 7.15. The number of ether oxygens (including phenoxy) is 1. The van der Waals surface area contributed by atoms with Gasteiger partial charge in [-0.15, -0.1) is 21.5 Å². The summed E-state index contributed by atoms with van der Waals surface area (Å²) in [6.07, 6.45) is 0.976. The molecule has 0 saturated carbocycles. The number of aryl methyl sites for hydroxylation is 2. The highest BCUT2D eigenvalue weighted by Crippen LogP contribution is 2.32. The molecule has 8 nitrogen and oxygen atoms in total. The topological polar surface area (TPSA) is 103 Å². The van der Waals surface area contributed by atoms with Gasteiger partial charge in [0, 0.05) is 22.4 Å². The van der Waals surface area contributed by atoms with Gasteiger partial charge < -0.3 is 10.1 Å². The summed E-state index contributed by atoms with van der Waals surface area (Å²) in [5.41, 5.74) is 1.10. The number of aromatic nitrogens is 3. The second-order valence-corrected chi connectivity index (χ2v) is 10.9. The van der Waals surface area contributed by atoms with Crippen molar-refractivity contribution in [2.75, 3.05) is 6.61 Å². The average Bonchev–Trinajstić information content (AvgIpc) is 3.55. The molecule has 12 heteroatoms. The highest BCUT2D eigenvalue weighted by atomic mass is 35.5. The van der Waals surface area contributed by atoms with Gasteiger partial charge >= 0.3 is 5.97 Å².